The zero-order chi connectivity index (χ0) is 12.3. The number of ether oxygens (including phenoxy) is 1. The molecule has 0 saturated carbocycles. The molecule has 1 aliphatic rings. The SMILES string of the molecule is CNC1CCc2c(OCCN(C)C)cccc21. The highest BCUT2D eigenvalue weighted by Gasteiger charge is 2.23. The van der Waals surface area contributed by atoms with Crippen LogP contribution in [0.5, 0.6) is 5.75 Å². The molecule has 1 unspecified atom stereocenters. The lowest BCUT2D eigenvalue weighted by molar-refractivity contribution is 0.259. The first-order valence-electron chi connectivity index (χ1n) is 6.29. The van der Waals surface area contributed by atoms with Crippen LogP contribution >= 0.6 is 0 Å². The standard InChI is InChI=1S/C14H22N2O/c1-15-13-8-7-12-11(13)5-4-6-14(12)17-10-9-16(2)3/h4-6,13,15H,7-10H2,1-3H3. The Kier molecular flexibility index (Phi) is 4.02. The maximum absolute atomic E-state index is 5.88. The molecule has 3 heteroatoms. The Bertz CT molecular complexity index is 376. The number of fused-ring (bicyclic) bond motifs is 1. The Hall–Kier alpha value is -1.06. The van der Waals surface area contributed by atoms with Crippen molar-refractivity contribution in [3.63, 3.8) is 0 Å². The molecular formula is C14H22N2O. The number of nitrogens with one attached hydrogen (secondary N) is 1. The van der Waals surface area contributed by atoms with Gasteiger partial charge < -0.3 is 15.0 Å². The number of benzene rings is 1. The molecule has 17 heavy (non-hydrogen) atoms. The molecule has 1 aromatic carbocycles. The first-order valence-corrected chi connectivity index (χ1v) is 6.29. The van der Waals surface area contributed by atoms with Gasteiger partial charge in [-0.1, -0.05) is 12.1 Å². The van der Waals surface area contributed by atoms with Crippen LogP contribution in [0.3, 0.4) is 0 Å². The molecule has 1 aliphatic carbocycles. The first kappa shape index (κ1) is 12.4. The predicted octanol–water partition coefficient (Wildman–Crippen LogP) is 1.83. The van der Waals surface area contributed by atoms with Crippen LogP contribution in [0.25, 0.3) is 0 Å². The molecule has 0 bridgehead atoms. The summed E-state index contributed by atoms with van der Waals surface area (Å²) in [5.41, 5.74) is 2.81. The molecule has 0 fully saturated rings. The fraction of sp³-hybridized carbons (Fsp3) is 0.571. The fourth-order valence-corrected chi connectivity index (χ4v) is 2.39. The van der Waals surface area contributed by atoms with Crippen molar-refractivity contribution < 1.29 is 4.74 Å². The third-order valence-corrected chi connectivity index (χ3v) is 3.37. The third-order valence-electron chi connectivity index (χ3n) is 3.37. The Labute approximate surface area is 104 Å². The highest BCUT2D eigenvalue weighted by Crippen LogP contribution is 2.36. The van der Waals surface area contributed by atoms with Crippen LogP contribution in [0.2, 0.25) is 0 Å². The summed E-state index contributed by atoms with van der Waals surface area (Å²) < 4.78 is 5.88. The molecule has 1 atom stereocenters. The van der Waals surface area contributed by atoms with Gasteiger partial charge in [-0.15, -0.1) is 0 Å². The molecule has 1 N–H and O–H groups in total. The van der Waals surface area contributed by atoms with E-state index in [-0.39, 0.29) is 0 Å². The van der Waals surface area contributed by atoms with Crippen LogP contribution < -0.4 is 10.1 Å². The van der Waals surface area contributed by atoms with E-state index in [1.54, 1.807) is 0 Å². The van der Waals surface area contributed by atoms with E-state index in [9.17, 15) is 0 Å². The molecule has 0 amide bonds. The summed E-state index contributed by atoms with van der Waals surface area (Å²) in [5.74, 6) is 1.07. The topological polar surface area (TPSA) is 24.5 Å². The molecule has 0 saturated heterocycles. The van der Waals surface area contributed by atoms with Crippen molar-refractivity contribution in [1.82, 2.24) is 10.2 Å². The minimum atomic E-state index is 0.502. The summed E-state index contributed by atoms with van der Waals surface area (Å²) in [6.07, 6.45) is 2.30. The van der Waals surface area contributed by atoms with Gasteiger partial charge in [0.2, 0.25) is 0 Å². The van der Waals surface area contributed by atoms with E-state index in [4.69, 9.17) is 4.74 Å². The number of likely N-dealkylation sites (N-methyl/N-ethyl adjacent to an activating group) is 1. The van der Waals surface area contributed by atoms with Crippen LogP contribution in [-0.4, -0.2) is 39.2 Å². The Morgan fingerprint density at radius 1 is 1.41 bits per heavy atom. The molecule has 94 valence electrons. The van der Waals surface area contributed by atoms with Gasteiger partial charge in [0.05, 0.1) is 0 Å². The molecule has 0 radical (unpaired) electrons. The van der Waals surface area contributed by atoms with Gasteiger partial charge >= 0.3 is 0 Å². The molecular weight excluding hydrogens is 212 g/mol. The maximum atomic E-state index is 5.88. The molecule has 1 aromatic rings. The van der Waals surface area contributed by atoms with E-state index in [1.165, 1.54) is 17.5 Å². The summed E-state index contributed by atoms with van der Waals surface area (Å²) in [6, 6.07) is 6.90. The van der Waals surface area contributed by atoms with Gasteiger partial charge in [0.15, 0.2) is 0 Å². The van der Waals surface area contributed by atoms with Crippen LogP contribution in [0.1, 0.15) is 23.6 Å². The predicted molar refractivity (Wildman–Crippen MR) is 70.6 cm³/mol. The smallest absolute Gasteiger partial charge is 0.122 e. The number of hydrogen-bond donors (Lipinski definition) is 1. The van der Waals surface area contributed by atoms with E-state index in [0.29, 0.717) is 6.04 Å². The van der Waals surface area contributed by atoms with Gasteiger partial charge in [-0.05, 0) is 51.2 Å². The van der Waals surface area contributed by atoms with Crippen molar-refractivity contribution in [2.45, 2.75) is 18.9 Å². The summed E-state index contributed by atoms with van der Waals surface area (Å²) in [5, 5.41) is 3.36. The van der Waals surface area contributed by atoms with Crippen molar-refractivity contribution in [2.24, 2.45) is 0 Å². The number of nitrogens with zero attached hydrogens (tertiary/aromatic N) is 1. The molecule has 0 aliphatic heterocycles. The van der Waals surface area contributed by atoms with Gasteiger partial charge in [-0.2, -0.15) is 0 Å². The third kappa shape index (κ3) is 2.79. The Morgan fingerprint density at radius 2 is 2.24 bits per heavy atom. The zero-order valence-corrected chi connectivity index (χ0v) is 11.0. The van der Waals surface area contributed by atoms with Gasteiger partial charge in [-0.25, -0.2) is 0 Å². The average Bonchev–Trinajstić information content (AvgIpc) is 2.72. The van der Waals surface area contributed by atoms with Crippen molar-refractivity contribution in [2.75, 3.05) is 34.3 Å². The highest BCUT2D eigenvalue weighted by atomic mass is 16.5. The molecule has 2 rings (SSSR count). The second kappa shape index (κ2) is 5.52. The zero-order valence-electron chi connectivity index (χ0n) is 11.0. The first-order chi connectivity index (χ1) is 8.22. The van der Waals surface area contributed by atoms with Gasteiger partial charge in [-0.3, -0.25) is 0 Å². The van der Waals surface area contributed by atoms with E-state index in [1.807, 2.05) is 7.05 Å². The quantitative estimate of drug-likeness (QED) is 0.841. The largest absolute Gasteiger partial charge is 0.492 e. The van der Waals surface area contributed by atoms with Crippen molar-refractivity contribution in [1.29, 1.82) is 0 Å². The second-order valence-electron chi connectivity index (χ2n) is 4.86. The fourth-order valence-electron chi connectivity index (χ4n) is 2.39. The molecule has 0 heterocycles. The summed E-state index contributed by atoms with van der Waals surface area (Å²) in [6.45, 7) is 1.72. The summed E-state index contributed by atoms with van der Waals surface area (Å²) in [4.78, 5) is 2.14. The monoisotopic (exact) mass is 234 g/mol. The number of rotatable bonds is 5. The van der Waals surface area contributed by atoms with Gasteiger partial charge in [0.25, 0.3) is 0 Å². The van der Waals surface area contributed by atoms with E-state index in [0.717, 1.165) is 25.3 Å². The second-order valence-corrected chi connectivity index (χ2v) is 4.86. The minimum absolute atomic E-state index is 0.502. The van der Waals surface area contributed by atoms with Crippen molar-refractivity contribution >= 4 is 0 Å². The highest BCUT2D eigenvalue weighted by molar-refractivity contribution is 5.45. The van der Waals surface area contributed by atoms with Crippen LogP contribution in [0.15, 0.2) is 18.2 Å². The van der Waals surface area contributed by atoms with Crippen molar-refractivity contribution in [3.05, 3.63) is 29.3 Å². The Morgan fingerprint density at radius 3 is 2.94 bits per heavy atom. The molecule has 0 spiro atoms. The lowest BCUT2D eigenvalue weighted by Gasteiger charge is -2.14. The molecule has 3 nitrogen and oxygen atoms in total. The van der Waals surface area contributed by atoms with E-state index >= 15 is 0 Å². The van der Waals surface area contributed by atoms with E-state index < -0.39 is 0 Å². The molecule has 0 aromatic heterocycles. The lowest BCUT2D eigenvalue weighted by Crippen LogP contribution is -2.19. The maximum Gasteiger partial charge on any atom is 0.122 e. The Balaban J connectivity index is 2.06. The number of hydrogen-bond acceptors (Lipinski definition) is 3. The van der Waals surface area contributed by atoms with Gasteiger partial charge in [0.1, 0.15) is 12.4 Å². The lowest BCUT2D eigenvalue weighted by atomic mass is 10.1. The summed E-state index contributed by atoms with van der Waals surface area (Å²) >= 11 is 0. The van der Waals surface area contributed by atoms with Crippen LogP contribution in [0.4, 0.5) is 0 Å². The van der Waals surface area contributed by atoms with Crippen molar-refractivity contribution in [3.8, 4) is 5.75 Å². The van der Waals surface area contributed by atoms with Crippen LogP contribution in [-0.2, 0) is 6.42 Å². The van der Waals surface area contributed by atoms with E-state index in [2.05, 4.69) is 42.5 Å². The average molecular weight is 234 g/mol. The normalized spacial score (nSPS) is 18.5. The van der Waals surface area contributed by atoms with Gasteiger partial charge in [0, 0.05) is 12.6 Å². The minimum Gasteiger partial charge on any atom is -0.492 e. The summed E-state index contributed by atoms with van der Waals surface area (Å²) in [7, 11) is 6.16. The van der Waals surface area contributed by atoms with Crippen LogP contribution in [0, 0.1) is 0 Å².